The summed E-state index contributed by atoms with van der Waals surface area (Å²) in [7, 11) is 0. The van der Waals surface area contributed by atoms with E-state index in [1.165, 1.54) is 11.5 Å². The lowest BCUT2D eigenvalue weighted by Crippen LogP contribution is -1.98. The van der Waals surface area contributed by atoms with E-state index in [0.29, 0.717) is 11.4 Å². The average molecular weight is 247 g/mol. The van der Waals surface area contributed by atoms with Gasteiger partial charge in [0.05, 0.1) is 22.2 Å². The van der Waals surface area contributed by atoms with Gasteiger partial charge in [-0.25, -0.2) is 0 Å². The first kappa shape index (κ1) is 10.0. The first-order valence-corrected chi connectivity index (χ1v) is 5.97. The fraction of sp³-hybridized carbons (Fsp3) is 0.250. The van der Waals surface area contributed by atoms with Crippen LogP contribution in [0.2, 0.25) is 5.02 Å². The van der Waals surface area contributed by atoms with Gasteiger partial charge in [-0.15, -0.1) is 16.4 Å². The van der Waals surface area contributed by atoms with Crippen molar-refractivity contribution in [2.75, 3.05) is 0 Å². The van der Waals surface area contributed by atoms with E-state index in [2.05, 4.69) is 9.59 Å². The molecule has 0 aliphatic heterocycles. The molecule has 0 amide bonds. The molecular weight excluding hydrogens is 240 g/mol. The normalized spacial score (nSPS) is 13.0. The number of rotatable bonds is 3. The van der Waals surface area contributed by atoms with Gasteiger partial charge in [0.2, 0.25) is 0 Å². The highest BCUT2D eigenvalue weighted by atomic mass is 35.5. The highest BCUT2D eigenvalue weighted by Crippen LogP contribution is 2.28. The van der Waals surface area contributed by atoms with Crippen molar-refractivity contribution in [1.82, 2.24) is 9.59 Å². The van der Waals surface area contributed by atoms with Crippen LogP contribution in [-0.4, -0.2) is 14.7 Å². The number of halogens is 1. The maximum absolute atomic E-state index is 9.78. The van der Waals surface area contributed by atoms with Gasteiger partial charge in [-0.3, -0.25) is 0 Å². The molecule has 2 heterocycles. The molecule has 1 N–H and O–H groups in total. The van der Waals surface area contributed by atoms with Gasteiger partial charge in [0.15, 0.2) is 0 Å². The Bertz CT molecular complexity index is 401. The summed E-state index contributed by atoms with van der Waals surface area (Å²) in [6.45, 7) is 0. The summed E-state index contributed by atoms with van der Waals surface area (Å²) < 4.78 is 3.70. The molecule has 3 nitrogen and oxygen atoms in total. The van der Waals surface area contributed by atoms with Crippen LogP contribution < -0.4 is 0 Å². The SMILES string of the molecule is OC(Cc1sccc1Cl)c1cnns1. The summed E-state index contributed by atoms with van der Waals surface area (Å²) in [4.78, 5) is 1.77. The molecule has 1 unspecified atom stereocenters. The molecule has 6 heteroatoms. The molecule has 2 aromatic rings. The average Bonchev–Trinajstić information content (AvgIpc) is 2.77. The van der Waals surface area contributed by atoms with E-state index in [1.807, 2.05) is 11.4 Å². The van der Waals surface area contributed by atoms with Crippen molar-refractivity contribution in [3.05, 3.63) is 32.4 Å². The van der Waals surface area contributed by atoms with Gasteiger partial charge < -0.3 is 5.11 Å². The Labute approximate surface area is 94.1 Å². The number of hydrogen-bond donors (Lipinski definition) is 1. The van der Waals surface area contributed by atoms with Crippen LogP contribution >= 0.6 is 34.5 Å². The van der Waals surface area contributed by atoms with Gasteiger partial charge in [0, 0.05) is 11.3 Å². The van der Waals surface area contributed by atoms with Gasteiger partial charge in [-0.05, 0) is 23.0 Å². The summed E-state index contributed by atoms with van der Waals surface area (Å²) in [6.07, 6.45) is 1.56. The molecule has 2 aromatic heterocycles. The fourth-order valence-electron chi connectivity index (χ4n) is 1.07. The second kappa shape index (κ2) is 4.35. The molecule has 0 bridgehead atoms. The summed E-state index contributed by atoms with van der Waals surface area (Å²) >= 11 is 8.67. The van der Waals surface area contributed by atoms with Gasteiger partial charge in [-0.1, -0.05) is 16.1 Å². The third kappa shape index (κ3) is 2.12. The van der Waals surface area contributed by atoms with Gasteiger partial charge in [0.1, 0.15) is 0 Å². The highest BCUT2D eigenvalue weighted by molar-refractivity contribution is 7.10. The van der Waals surface area contributed by atoms with Crippen molar-refractivity contribution < 1.29 is 5.11 Å². The van der Waals surface area contributed by atoms with Crippen LogP contribution in [0.5, 0.6) is 0 Å². The fourth-order valence-corrected chi connectivity index (χ4v) is 2.71. The Balaban J connectivity index is 2.09. The monoisotopic (exact) mass is 246 g/mol. The second-order valence-electron chi connectivity index (χ2n) is 2.73. The number of nitrogens with zero attached hydrogens (tertiary/aromatic N) is 2. The molecule has 0 radical (unpaired) electrons. The number of aliphatic hydroxyl groups is 1. The standard InChI is InChI=1S/C8H7ClN2OS2/c9-5-1-2-13-7(5)3-6(12)8-4-10-11-14-8/h1-2,4,6,12H,3H2. The molecular formula is C8H7ClN2OS2. The number of aromatic nitrogens is 2. The number of hydrogen-bond acceptors (Lipinski definition) is 5. The maximum Gasteiger partial charge on any atom is 0.0962 e. The predicted molar refractivity (Wildman–Crippen MR) is 57.9 cm³/mol. The first-order valence-electron chi connectivity index (χ1n) is 3.94. The Morgan fingerprint density at radius 1 is 1.57 bits per heavy atom. The molecule has 0 spiro atoms. The van der Waals surface area contributed by atoms with Crippen molar-refractivity contribution in [2.24, 2.45) is 0 Å². The van der Waals surface area contributed by atoms with E-state index in [9.17, 15) is 5.11 Å². The third-order valence-electron chi connectivity index (χ3n) is 1.78. The minimum Gasteiger partial charge on any atom is -0.387 e. The highest BCUT2D eigenvalue weighted by Gasteiger charge is 2.13. The van der Waals surface area contributed by atoms with E-state index < -0.39 is 6.10 Å². The lowest BCUT2D eigenvalue weighted by Gasteiger charge is -2.05. The van der Waals surface area contributed by atoms with Crippen molar-refractivity contribution >= 4 is 34.5 Å². The summed E-state index contributed by atoms with van der Waals surface area (Å²) in [6, 6.07) is 1.83. The van der Waals surface area contributed by atoms with Gasteiger partial charge in [-0.2, -0.15) is 0 Å². The van der Waals surface area contributed by atoms with Crippen LogP contribution in [0.4, 0.5) is 0 Å². The smallest absolute Gasteiger partial charge is 0.0962 e. The first-order chi connectivity index (χ1) is 6.77. The minimum absolute atomic E-state index is 0.528. The van der Waals surface area contributed by atoms with Crippen LogP contribution in [0.3, 0.4) is 0 Å². The topological polar surface area (TPSA) is 46.0 Å². The van der Waals surface area contributed by atoms with Gasteiger partial charge in [0.25, 0.3) is 0 Å². The molecule has 1 atom stereocenters. The number of aliphatic hydroxyl groups excluding tert-OH is 1. The Morgan fingerprint density at radius 2 is 2.43 bits per heavy atom. The predicted octanol–water partition coefficient (Wildman–Crippen LogP) is 2.53. The van der Waals surface area contributed by atoms with Crippen LogP contribution in [0, 0.1) is 0 Å². The zero-order valence-electron chi connectivity index (χ0n) is 7.05. The Kier molecular flexibility index (Phi) is 3.12. The van der Waals surface area contributed by atoms with E-state index in [4.69, 9.17) is 11.6 Å². The molecule has 2 rings (SSSR count). The lowest BCUT2D eigenvalue weighted by atomic mass is 10.2. The zero-order chi connectivity index (χ0) is 9.97. The van der Waals surface area contributed by atoms with Crippen LogP contribution in [-0.2, 0) is 6.42 Å². The molecule has 0 saturated heterocycles. The largest absolute Gasteiger partial charge is 0.387 e. The Morgan fingerprint density at radius 3 is 3.00 bits per heavy atom. The van der Waals surface area contributed by atoms with Crippen LogP contribution in [0.15, 0.2) is 17.6 Å². The lowest BCUT2D eigenvalue weighted by molar-refractivity contribution is 0.183. The molecule has 0 fully saturated rings. The van der Waals surface area contributed by atoms with E-state index >= 15 is 0 Å². The molecule has 0 saturated carbocycles. The van der Waals surface area contributed by atoms with Gasteiger partial charge >= 0.3 is 0 Å². The van der Waals surface area contributed by atoms with Crippen LogP contribution in [0.25, 0.3) is 0 Å². The van der Waals surface area contributed by atoms with Crippen molar-refractivity contribution in [1.29, 1.82) is 0 Å². The van der Waals surface area contributed by atoms with E-state index in [0.717, 1.165) is 9.75 Å². The quantitative estimate of drug-likeness (QED) is 0.905. The second-order valence-corrected chi connectivity index (χ2v) is 4.96. The van der Waals surface area contributed by atoms with Crippen LogP contribution in [0.1, 0.15) is 15.9 Å². The summed E-state index contributed by atoms with van der Waals surface area (Å²) in [5.41, 5.74) is 0. The Hall–Kier alpha value is -0.490. The molecule has 14 heavy (non-hydrogen) atoms. The number of thiophene rings is 1. The summed E-state index contributed by atoms with van der Waals surface area (Å²) in [5.74, 6) is 0. The van der Waals surface area contributed by atoms with E-state index in [1.54, 1.807) is 17.5 Å². The third-order valence-corrected chi connectivity index (χ3v) is 3.95. The van der Waals surface area contributed by atoms with Crippen molar-refractivity contribution in [3.63, 3.8) is 0 Å². The molecule has 0 aliphatic carbocycles. The minimum atomic E-state index is -0.550. The molecule has 74 valence electrons. The molecule has 0 aliphatic rings. The zero-order valence-corrected chi connectivity index (χ0v) is 9.44. The van der Waals surface area contributed by atoms with Crippen molar-refractivity contribution in [2.45, 2.75) is 12.5 Å². The summed E-state index contributed by atoms with van der Waals surface area (Å²) in [5, 5.41) is 16.1. The molecule has 0 aromatic carbocycles. The van der Waals surface area contributed by atoms with Crippen molar-refractivity contribution in [3.8, 4) is 0 Å². The maximum atomic E-state index is 9.78. The van der Waals surface area contributed by atoms with E-state index in [-0.39, 0.29) is 0 Å².